The van der Waals surface area contributed by atoms with Gasteiger partial charge >= 0.3 is 0 Å². The molecule has 0 unspecified atom stereocenters. The van der Waals surface area contributed by atoms with Crippen molar-refractivity contribution in [2.24, 2.45) is 0 Å². The molecular formula is C19H27N3O5S. The second-order valence-electron chi connectivity index (χ2n) is 6.81. The molecule has 0 saturated carbocycles. The van der Waals surface area contributed by atoms with Crippen molar-refractivity contribution in [1.29, 1.82) is 0 Å². The summed E-state index contributed by atoms with van der Waals surface area (Å²) in [6, 6.07) is 4.42. The van der Waals surface area contributed by atoms with Crippen LogP contribution in [0.15, 0.2) is 35.7 Å². The van der Waals surface area contributed by atoms with E-state index in [0.29, 0.717) is 57.4 Å². The number of ether oxygens (including phenoxy) is 2. The minimum atomic E-state index is -3.63. The number of hydrogen-bond donors (Lipinski definition) is 1. The average Bonchev–Trinajstić information content (AvgIpc) is 2.96. The lowest BCUT2D eigenvalue weighted by molar-refractivity contribution is -0.126. The Morgan fingerprint density at radius 2 is 1.89 bits per heavy atom. The molecule has 1 fully saturated rings. The van der Waals surface area contributed by atoms with Crippen LogP contribution in [-0.2, 0) is 14.8 Å². The monoisotopic (exact) mass is 409 g/mol. The van der Waals surface area contributed by atoms with Gasteiger partial charge in [0.25, 0.3) is 0 Å². The van der Waals surface area contributed by atoms with E-state index >= 15 is 0 Å². The zero-order valence-electron chi connectivity index (χ0n) is 16.1. The van der Waals surface area contributed by atoms with Crippen LogP contribution in [0.1, 0.15) is 13.3 Å². The first-order valence-electron chi connectivity index (χ1n) is 9.46. The SMILES string of the molecule is C=CCNC(=O)[C@@H](C)N1CCN(S(=O)(=O)c2ccc3c(c2)OCCCO3)CC1. The largest absolute Gasteiger partial charge is 0.490 e. The van der Waals surface area contributed by atoms with Gasteiger partial charge in [0.2, 0.25) is 15.9 Å². The number of rotatable bonds is 6. The number of hydrogen-bond acceptors (Lipinski definition) is 6. The number of nitrogens with zero attached hydrogens (tertiary/aromatic N) is 2. The standard InChI is InChI=1S/C19H27N3O5S/c1-3-7-20-19(23)15(2)21-8-10-22(11-9-21)28(24,25)16-5-6-17-18(14-16)27-13-4-12-26-17/h3,5-6,14-15H,1,4,7-13H2,2H3,(H,20,23)/t15-/m1/s1. The topological polar surface area (TPSA) is 88.2 Å². The Bertz CT molecular complexity index is 819. The van der Waals surface area contributed by atoms with Gasteiger partial charge in [0.05, 0.1) is 24.2 Å². The minimum absolute atomic E-state index is 0.0842. The first kappa shape index (κ1) is 20.6. The van der Waals surface area contributed by atoms with Crippen LogP contribution >= 0.6 is 0 Å². The predicted molar refractivity (Wildman–Crippen MR) is 105 cm³/mol. The smallest absolute Gasteiger partial charge is 0.243 e. The van der Waals surface area contributed by atoms with E-state index in [2.05, 4.69) is 11.9 Å². The predicted octanol–water partition coefficient (Wildman–Crippen LogP) is 0.845. The number of amides is 1. The van der Waals surface area contributed by atoms with Crippen molar-refractivity contribution >= 4 is 15.9 Å². The molecule has 1 atom stereocenters. The summed E-state index contributed by atoms with van der Waals surface area (Å²) in [5.41, 5.74) is 0. The Morgan fingerprint density at radius 3 is 2.57 bits per heavy atom. The molecule has 28 heavy (non-hydrogen) atoms. The van der Waals surface area contributed by atoms with Crippen molar-refractivity contribution in [1.82, 2.24) is 14.5 Å². The van der Waals surface area contributed by atoms with Gasteiger partial charge in [0, 0.05) is 45.2 Å². The van der Waals surface area contributed by atoms with E-state index in [1.54, 1.807) is 18.2 Å². The van der Waals surface area contributed by atoms with Gasteiger partial charge in [0.1, 0.15) is 0 Å². The lowest BCUT2D eigenvalue weighted by Crippen LogP contribution is -2.54. The van der Waals surface area contributed by atoms with Gasteiger partial charge < -0.3 is 14.8 Å². The summed E-state index contributed by atoms with van der Waals surface area (Å²) < 4.78 is 38.7. The van der Waals surface area contributed by atoms with E-state index in [4.69, 9.17) is 9.47 Å². The van der Waals surface area contributed by atoms with Gasteiger partial charge in [-0.05, 0) is 19.1 Å². The second-order valence-corrected chi connectivity index (χ2v) is 8.75. The van der Waals surface area contributed by atoms with Crippen LogP contribution in [0.4, 0.5) is 0 Å². The Kier molecular flexibility index (Phi) is 6.58. The molecule has 3 rings (SSSR count). The Balaban J connectivity index is 1.65. The van der Waals surface area contributed by atoms with E-state index in [1.807, 2.05) is 11.8 Å². The van der Waals surface area contributed by atoms with Gasteiger partial charge in [-0.2, -0.15) is 4.31 Å². The molecule has 0 aliphatic carbocycles. The van der Waals surface area contributed by atoms with Crippen LogP contribution in [0, 0.1) is 0 Å². The van der Waals surface area contributed by atoms with E-state index in [1.165, 1.54) is 10.4 Å². The molecular weight excluding hydrogens is 382 g/mol. The summed E-state index contributed by atoms with van der Waals surface area (Å²) in [7, 11) is -3.63. The zero-order chi connectivity index (χ0) is 20.1. The van der Waals surface area contributed by atoms with Crippen molar-refractivity contribution < 1.29 is 22.7 Å². The number of fused-ring (bicyclic) bond motifs is 1. The lowest BCUT2D eigenvalue weighted by atomic mass is 10.2. The molecule has 9 heteroatoms. The van der Waals surface area contributed by atoms with Crippen LogP contribution in [0.2, 0.25) is 0 Å². The molecule has 8 nitrogen and oxygen atoms in total. The van der Waals surface area contributed by atoms with Gasteiger partial charge in [0.15, 0.2) is 11.5 Å². The second kappa shape index (κ2) is 8.93. The van der Waals surface area contributed by atoms with Gasteiger partial charge in [-0.25, -0.2) is 8.42 Å². The fraction of sp³-hybridized carbons (Fsp3) is 0.526. The fourth-order valence-corrected chi connectivity index (χ4v) is 4.71. The van der Waals surface area contributed by atoms with Crippen LogP contribution in [0.25, 0.3) is 0 Å². The molecule has 2 aliphatic rings. The van der Waals surface area contributed by atoms with Crippen molar-refractivity contribution in [2.75, 3.05) is 45.9 Å². The summed E-state index contributed by atoms with van der Waals surface area (Å²) >= 11 is 0. The number of benzene rings is 1. The molecule has 2 aliphatic heterocycles. The number of piperazine rings is 1. The molecule has 0 radical (unpaired) electrons. The first-order chi connectivity index (χ1) is 13.4. The van der Waals surface area contributed by atoms with Crippen molar-refractivity contribution in [3.05, 3.63) is 30.9 Å². The van der Waals surface area contributed by atoms with E-state index in [-0.39, 0.29) is 16.8 Å². The van der Waals surface area contributed by atoms with Crippen LogP contribution in [-0.4, -0.2) is 75.5 Å². The summed E-state index contributed by atoms with van der Waals surface area (Å²) in [5, 5.41) is 2.77. The zero-order valence-corrected chi connectivity index (χ0v) is 16.9. The van der Waals surface area contributed by atoms with Crippen LogP contribution in [0.3, 0.4) is 0 Å². The molecule has 1 saturated heterocycles. The first-order valence-corrected chi connectivity index (χ1v) is 10.9. The number of sulfonamides is 1. The highest BCUT2D eigenvalue weighted by Crippen LogP contribution is 2.33. The van der Waals surface area contributed by atoms with Gasteiger partial charge in [-0.1, -0.05) is 6.08 Å². The van der Waals surface area contributed by atoms with E-state index in [0.717, 1.165) is 6.42 Å². The summed E-state index contributed by atoms with van der Waals surface area (Å²) in [6.07, 6.45) is 2.39. The number of nitrogens with one attached hydrogen (secondary N) is 1. The Labute approximate surface area is 166 Å². The third-order valence-corrected chi connectivity index (χ3v) is 6.87. The van der Waals surface area contributed by atoms with Crippen LogP contribution < -0.4 is 14.8 Å². The van der Waals surface area contributed by atoms with E-state index in [9.17, 15) is 13.2 Å². The van der Waals surface area contributed by atoms with Crippen LogP contribution in [0.5, 0.6) is 11.5 Å². The van der Waals surface area contributed by atoms with Gasteiger partial charge in [-0.15, -0.1) is 6.58 Å². The molecule has 1 aromatic rings. The minimum Gasteiger partial charge on any atom is -0.490 e. The average molecular weight is 410 g/mol. The third-order valence-electron chi connectivity index (χ3n) is 4.98. The molecule has 0 aromatic heterocycles. The third kappa shape index (κ3) is 4.48. The van der Waals surface area contributed by atoms with Crippen molar-refractivity contribution in [3.8, 4) is 11.5 Å². The lowest BCUT2D eigenvalue weighted by Gasteiger charge is -2.36. The van der Waals surface area contributed by atoms with Gasteiger partial charge in [-0.3, -0.25) is 9.69 Å². The highest BCUT2D eigenvalue weighted by atomic mass is 32.2. The highest BCUT2D eigenvalue weighted by Gasteiger charge is 2.32. The maximum atomic E-state index is 13.0. The fourth-order valence-electron chi connectivity index (χ4n) is 3.27. The molecule has 2 heterocycles. The molecule has 0 bridgehead atoms. The quantitative estimate of drug-likeness (QED) is 0.701. The maximum Gasteiger partial charge on any atom is 0.243 e. The normalized spacial score (nSPS) is 19.5. The molecule has 1 aromatic carbocycles. The summed E-state index contributed by atoms with van der Waals surface area (Å²) in [6.45, 7) is 8.53. The molecule has 1 N–H and O–H groups in total. The molecule has 1 amide bonds. The maximum absolute atomic E-state index is 13.0. The summed E-state index contributed by atoms with van der Waals surface area (Å²) in [4.78, 5) is 14.3. The molecule has 0 spiro atoms. The summed E-state index contributed by atoms with van der Waals surface area (Å²) in [5.74, 6) is 0.949. The van der Waals surface area contributed by atoms with Crippen molar-refractivity contribution in [3.63, 3.8) is 0 Å². The Hall–Kier alpha value is -2.10. The number of carbonyl (C=O) groups excluding carboxylic acids is 1. The Morgan fingerprint density at radius 1 is 1.21 bits per heavy atom. The van der Waals surface area contributed by atoms with Crippen molar-refractivity contribution in [2.45, 2.75) is 24.3 Å². The highest BCUT2D eigenvalue weighted by molar-refractivity contribution is 7.89. The van der Waals surface area contributed by atoms with E-state index < -0.39 is 10.0 Å². The number of carbonyl (C=O) groups is 1. The molecule has 154 valence electrons.